The second kappa shape index (κ2) is 5.84. The number of nitrogens with one attached hydrogen (secondary N) is 1. The van der Waals surface area contributed by atoms with Gasteiger partial charge in [-0.2, -0.15) is 0 Å². The first-order valence-corrected chi connectivity index (χ1v) is 8.24. The number of carbonyl (C=O) groups is 1. The van der Waals surface area contributed by atoms with Gasteiger partial charge in [0.25, 0.3) is 5.91 Å². The first-order chi connectivity index (χ1) is 9.80. The average Bonchev–Trinajstić information content (AvgIpc) is 2.91. The van der Waals surface area contributed by atoms with Crippen molar-refractivity contribution >= 4 is 33.0 Å². The number of thiophene rings is 1. The van der Waals surface area contributed by atoms with Crippen LogP contribution in [0.5, 0.6) is 5.75 Å². The fourth-order valence-electron chi connectivity index (χ4n) is 1.52. The molecule has 0 unspecified atom stereocenters. The molecule has 1 aromatic heterocycles. The Hall–Kier alpha value is -1.90. The normalized spacial score (nSPS) is 11.6. The Morgan fingerprint density at radius 2 is 1.86 bits per heavy atom. The van der Waals surface area contributed by atoms with E-state index < -0.39 is 15.9 Å². The zero-order valence-electron chi connectivity index (χ0n) is 11.4. The summed E-state index contributed by atoms with van der Waals surface area (Å²) in [4.78, 5) is 12.4. The maximum Gasteiger partial charge on any atom is 0.265 e. The molecule has 0 radical (unpaired) electrons. The van der Waals surface area contributed by atoms with Gasteiger partial charge in [-0.3, -0.25) is 4.79 Å². The molecule has 1 aromatic carbocycles. The number of aromatic hydroxyl groups is 1. The highest BCUT2D eigenvalue weighted by molar-refractivity contribution is 7.89. The van der Waals surface area contributed by atoms with Gasteiger partial charge < -0.3 is 10.4 Å². The Morgan fingerprint density at radius 3 is 2.43 bits per heavy atom. The standard InChI is InChI=1S/C13H14N2O4S2/c1-15(2)21(18,19)11-7-12(20-8-11)13(17)14-9-3-5-10(16)6-4-9/h3-8,16H,1-2H3,(H,14,17). The van der Waals surface area contributed by atoms with Gasteiger partial charge in [0, 0.05) is 25.2 Å². The molecule has 112 valence electrons. The largest absolute Gasteiger partial charge is 0.508 e. The third-order valence-electron chi connectivity index (χ3n) is 2.70. The minimum atomic E-state index is -3.54. The first-order valence-electron chi connectivity index (χ1n) is 5.92. The smallest absolute Gasteiger partial charge is 0.265 e. The summed E-state index contributed by atoms with van der Waals surface area (Å²) in [6.45, 7) is 0. The summed E-state index contributed by atoms with van der Waals surface area (Å²) in [7, 11) is -0.670. The molecule has 0 aliphatic heterocycles. The van der Waals surface area contributed by atoms with Crippen LogP contribution in [0.15, 0.2) is 40.6 Å². The summed E-state index contributed by atoms with van der Waals surface area (Å²) in [6.07, 6.45) is 0. The molecule has 2 N–H and O–H groups in total. The van der Waals surface area contributed by atoms with Crippen molar-refractivity contribution in [1.29, 1.82) is 0 Å². The number of hydrogen-bond donors (Lipinski definition) is 2. The molecule has 0 saturated carbocycles. The van der Waals surface area contributed by atoms with Crippen LogP contribution in [0.25, 0.3) is 0 Å². The molecule has 2 aromatic rings. The van der Waals surface area contributed by atoms with Crippen molar-refractivity contribution in [3.63, 3.8) is 0 Å². The van der Waals surface area contributed by atoms with E-state index in [9.17, 15) is 18.3 Å². The van der Waals surface area contributed by atoms with Crippen molar-refractivity contribution in [3.8, 4) is 5.75 Å². The lowest BCUT2D eigenvalue weighted by Gasteiger charge is -2.08. The molecule has 0 aliphatic carbocycles. The van der Waals surface area contributed by atoms with Gasteiger partial charge in [0.05, 0.1) is 9.77 Å². The monoisotopic (exact) mass is 326 g/mol. The second-order valence-electron chi connectivity index (χ2n) is 4.44. The van der Waals surface area contributed by atoms with Crippen LogP contribution in [-0.2, 0) is 10.0 Å². The highest BCUT2D eigenvalue weighted by Crippen LogP contribution is 2.23. The van der Waals surface area contributed by atoms with E-state index in [4.69, 9.17) is 0 Å². The average molecular weight is 326 g/mol. The highest BCUT2D eigenvalue weighted by atomic mass is 32.2. The van der Waals surface area contributed by atoms with Crippen LogP contribution >= 0.6 is 11.3 Å². The second-order valence-corrected chi connectivity index (χ2v) is 7.50. The predicted octanol–water partition coefficient (Wildman–Crippen LogP) is 1.96. The van der Waals surface area contributed by atoms with Crippen LogP contribution < -0.4 is 5.32 Å². The zero-order valence-corrected chi connectivity index (χ0v) is 13.0. The van der Waals surface area contributed by atoms with Crippen molar-refractivity contribution in [3.05, 3.63) is 40.6 Å². The summed E-state index contributed by atoms with van der Waals surface area (Å²) < 4.78 is 25.0. The fourth-order valence-corrected chi connectivity index (χ4v) is 3.58. The number of rotatable bonds is 4. The van der Waals surface area contributed by atoms with Crippen LogP contribution in [0, 0.1) is 0 Å². The predicted molar refractivity (Wildman–Crippen MR) is 81.3 cm³/mol. The Bertz CT molecular complexity index is 749. The maximum absolute atomic E-state index is 12.0. The molecule has 0 bridgehead atoms. The molecule has 0 atom stereocenters. The minimum absolute atomic E-state index is 0.0911. The van der Waals surface area contributed by atoms with E-state index in [2.05, 4.69) is 5.32 Å². The van der Waals surface area contributed by atoms with Gasteiger partial charge in [0.1, 0.15) is 5.75 Å². The SMILES string of the molecule is CN(C)S(=O)(=O)c1csc(C(=O)Nc2ccc(O)cc2)c1. The summed E-state index contributed by atoms with van der Waals surface area (Å²) in [5, 5.41) is 13.2. The van der Waals surface area contributed by atoms with E-state index in [-0.39, 0.29) is 10.6 Å². The van der Waals surface area contributed by atoms with E-state index in [1.165, 1.54) is 37.7 Å². The number of anilines is 1. The lowest BCUT2D eigenvalue weighted by atomic mass is 10.3. The van der Waals surface area contributed by atoms with Crippen molar-refractivity contribution in [2.24, 2.45) is 0 Å². The van der Waals surface area contributed by atoms with E-state index >= 15 is 0 Å². The Balaban J connectivity index is 2.18. The van der Waals surface area contributed by atoms with Gasteiger partial charge in [0.2, 0.25) is 10.0 Å². The maximum atomic E-state index is 12.0. The van der Waals surface area contributed by atoms with Crippen molar-refractivity contribution in [1.82, 2.24) is 4.31 Å². The topological polar surface area (TPSA) is 86.7 Å². The summed E-state index contributed by atoms with van der Waals surface area (Å²) >= 11 is 1.06. The van der Waals surface area contributed by atoms with Gasteiger partial charge in [-0.1, -0.05) is 0 Å². The number of sulfonamides is 1. The fraction of sp³-hybridized carbons (Fsp3) is 0.154. The summed E-state index contributed by atoms with van der Waals surface area (Å²) in [6, 6.07) is 7.35. The van der Waals surface area contributed by atoms with Gasteiger partial charge in [-0.25, -0.2) is 12.7 Å². The molecule has 0 fully saturated rings. The van der Waals surface area contributed by atoms with Crippen LogP contribution in [0.4, 0.5) is 5.69 Å². The van der Waals surface area contributed by atoms with E-state index in [0.717, 1.165) is 15.6 Å². The van der Waals surface area contributed by atoms with Crippen LogP contribution in [0.3, 0.4) is 0 Å². The number of phenolic OH excluding ortho intramolecular Hbond substituents is 1. The summed E-state index contributed by atoms with van der Waals surface area (Å²) in [5.41, 5.74) is 0.517. The zero-order chi connectivity index (χ0) is 15.6. The summed E-state index contributed by atoms with van der Waals surface area (Å²) in [5.74, 6) is -0.297. The molecular formula is C13H14N2O4S2. The molecule has 0 spiro atoms. The Labute approximate surface area is 126 Å². The van der Waals surface area contributed by atoms with Crippen molar-refractivity contribution < 1.29 is 18.3 Å². The van der Waals surface area contributed by atoms with Crippen LogP contribution in [0.2, 0.25) is 0 Å². The molecule has 2 rings (SSSR count). The highest BCUT2D eigenvalue weighted by Gasteiger charge is 2.21. The molecule has 0 saturated heterocycles. The molecule has 8 heteroatoms. The minimum Gasteiger partial charge on any atom is -0.508 e. The lowest BCUT2D eigenvalue weighted by molar-refractivity contribution is 0.103. The molecule has 1 heterocycles. The van der Waals surface area contributed by atoms with Gasteiger partial charge in [-0.05, 0) is 30.3 Å². The number of benzene rings is 1. The molecule has 1 amide bonds. The number of phenols is 1. The van der Waals surface area contributed by atoms with E-state index in [0.29, 0.717) is 10.6 Å². The van der Waals surface area contributed by atoms with Gasteiger partial charge in [-0.15, -0.1) is 11.3 Å². The third-order valence-corrected chi connectivity index (χ3v) is 5.57. The molecule has 6 nitrogen and oxygen atoms in total. The van der Waals surface area contributed by atoms with E-state index in [1.54, 1.807) is 12.1 Å². The van der Waals surface area contributed by atoms with Gasteiger partial charge >= 0.3 is 0 Å². The molecule has 0 aliphatic rings. The Morgan fingerprint density at radius 1 is 1.24 bits per heavy atom. The van der Waals surface area contributed by atoms with Crippen molar-refractivity contribution in [2.45, 2.75) is 4.90 Å². The third kappa shape index (κ3) is 3.41. The number of carbonyl (C=O) groups excluding carboxylic acids is 1. The van der Waals surface area contributed by atoms with Crippen LogP contribution in [-0.4, -0.2) is 37.8 Å². The molecular weight excluding hydrogens is 312 g/mol. The lowest BCUT2D eigenvalue weighted by Crippen LogP contribution is -2.21. The molecule has 21 heavy (non-hydrogen) atoms. The quantitative estimate of drug-likeness (QED) is 0.841. The number of hydrogen-bond acceptors (Lipinski definition) is 5. The number of amides is 1. The van der Waals surface area contributed by atoms with Crippen LogP contribution in [0.1, 0.15) is 9.67 Å². The van der Waals surface area contributed by atoms with Crippen molar-refractivity contribution in [2.75, 3.05) is 19.4 Å². The van der Waals surface area contributed by atoms with E-state index in [1.807, 2.05) is 0 Å². The Kier molecular flexibility index (Phi) is 4.31. The first kappa shape index (κ1) is 15.5. The van der Waals surface area contributed by atoms with Gasteiger partial charge in [0.15, 0.2) is 0 Å². The number of nitrogens with zero attached hydrogens (tertiary/aromatic N) is 1.